The number of alkyl halides is 2. The number of hydrogen-bond donors (Lipinski definition) is 1. The van der Waals surface area contributed by atoms with Crippen LogP contribution in [0.2, 0.25) is 0 Å². The van der Waals surface area contributed by atoms with Gasteiger partial charge in [0.05, 0.1) is 0 Å². The molecule has 1 atom stereocenters. The van der Waals surface area contributed by atoms with Crippen molar-refractivity contribution in [3.05, 3.63) is 23.8 Å². The Morgan fingerprint density at radius 3 is 2.35 bits per heavy atom. The molecule has 23 heavy (non-hydrogen) atoms. The van der Waals surface area contributed by atoms with Gasteiger partial charge in [-0.1, -0.05) is 26.8 Å². The number of ether oxygens (including phenoxy) is 2. The fourth-order valence-electron chi connectivity index (χ4n) is 3.33. The minimum absolute atomic E-state index is 0. The van der Waals surface area contributed by atoms with Gasteiger partial charge in [0, 0.05) is 32.2 Å². The first-order chi connectivity index (χ1) is 10.3. The standard InChI is InChI=1S/C16H22F2N2O2.ClH/c1-15(2,3)14(20-8-6-19-7-9-20)11-4-5-12-13(10-11)22-16(17,18)21-12;/h4-5,10,14,19H,6-9H2,1-3H3;1H/t14-;/m1./s1. The van der Waals surface area contributed by atoms with E-state index in [0.717, 1.165) is 31.7 Å². The molecule has 130 valence electrons. The van der Waals surface area contributed by atoms with Crippen molar-refractivity contribution in [2.45, 2.75) is 33.1 Å². The molecule has 0 bridgehead atoms. The van der Waals surface area contributed by atoms with Gasteiger partial charge in [0.2, 0.25) is 0 Å². The molecule has 0 amide bonds. The largest absolute Gasteiger partial charge is 0.586 e. The van der Waals surface area contributed by atoms with Crippen LogP contribution >= 0.6 is 12.4 Å². The lowest BCUT2D eigenvalue weighted by atomic mass is 9.81. The fourth-order valence-corrected chi connectivity index (χ4v) is 3.33. The van der Waals surface area contributed by atoms with E-state index in [1.165, 1.54) is 0 Å². The summed E-state index contributed by atoms with van der Waals surface area (Å²) in [4.78, 5) is 2.40. The van der Waals surface area contributed by atoms with Crippen LogP contribution in [0.3, 0.4) is 0 Å². The molecule has 0 unspecified atom stereocenters. The molecule has 1 aromatic carbocycles. The van der Waals surface area contributed by atoms with Crippen molar-refractivity contribution in [1.29, 1.82) is 0 Å². The van der Waals surface area contributed by atoms with Crippen molar-refractivity contribution in [3.63, 3.8) is 0 Å². The van der Waals surface area contributed by atoms with Crippen molar-refractivity contribution in [2.75, 3.05) is 26.2 Å². The van der Waals surface area contributed by atoms with Crippen LogP contribution in [0.25, 0.3) is 0 Å². The monoisotopic (exact) mass is 348 g/mol. The van der Waals surface area contributed by atoms with E-state index in [1.54, 1.807) is 12.1 Å². The van der Waals surface area contributed by atoms with Gasteiger partial charge in [0.1, 0.15) is 0 Å². The van der Waals surface area contributed by atoms with E-state index in [1.807, 2.05) is 6.07 Å². The third-order valence-electron chi connectivity index (χ3n) is 4.08. The second-order valence-electron chi connectivity index (χ2n) is 6.93. The summed E-state index contributed by atoms with van der Waals surface area (Å²) in [6, 6.07) is 5.26. The van der Waals surface area contributed by atoms with Crippen LogP contribution in [0.1, 0.15) is 32.4 Å². The number of rotatable bonds is 2. The van der Waals surface area contributed by atoms with Gasteiger partial charge in [0.15, 0.2) is 11.5 Å². The van der Waals surface area contributed by atoms with Crippen LogP contribution in [0, 0.1) is 5.41 Å². The lowest BCUT2D eigenvalue weighted by Crippen LogP contribution is -2.48. The van der Waals surface area contributed by atoms with E-state index in [0.29, 0.717) is 0 Å². The lowest BCUT2D eigenvalue weighted by molar-refractivity contribution is -0.286. The normalized spacial score (nSPS) is 21.6. The molecular weight excluding hydrogens is 326 g/mol. The second kappa shape index (κ2) is 6.42. The number of nitrogens with zero attached hydrogens (tertiary/aromatic N) is 1. The number of piperazine rings is 1. The highest BCUT2D eigenvalue weighted by atomic mass is 35.5. The van der Waals surface area contributed by atoms with Gasteiger partial charge in [-0.25, -0.2) is 0 Å². The first-order valence-corrected chi connectivity index (χ1v) is 7.61. The third-order valence-corrected chi connectivity index (χ3v) is 4.08. The van der Waals surface area contributed by atoms with Gasteiger partial charge in [-0.2, -0.15) is 0 Å². The first-order valence-electron chi connectivity index (χ1n) is 7.61. The SMILES string of the molecule is CC(C)(C)[C@@H](c1ccc2c(c1)OC(F)(F)O2)N1CCNCC1.Cl. The third kappa shape index (κ3) is 3.87. The quantitative estimate of drug-likeness (QED) is 0.888. The molecule has 1 saturated heterocycles. The fraction of sp³-hybridized carbons (Fsp3) is 0.625. The Bertz CT molecular complexity index is 558. The summed E-state index contributed by atoms with van der Waals surface area (Å²) in [5, 5.41) is 3.34. The zero-order valence-electron chi connectivity index (χ0n) is 13.6. The van der Waals surface area contributed by atoms with E-state index < -0.39 is 6.29 Å². The molecule has 2 aliphatic heterocycles. The van der Waals surface area contributed by atoms with Crippen LogP contribution in [0.15, 0.2) is 18.2 Å². The number of halogens is 3. The van der Waals surface area contributed by atoms with Gasteiger partial charge < -0.3 is 14.8 Å². The van der Waals surface area contributed by atoms with Gasteiger partial charge >= 0.3 is 6.29 Å². The average Bonchev–Trinajstić information content (AvgIpc) is 2.71. The number of benzene rings is 1. The number of nitrogens with one attached hydrogen (secondary N) is 1. The molecule has 0 radical (unpaired) electrons. The Morgan fingerprint density at radius 2 is 1.74 bits per heavy atom. The second-order valence-corrected chi connectivity index (χ2v) is 6.93. The molecule has 2 heterocycles. The lowest BCUT2D eigenvalue weighted by Gasteiger charge is -2.42. The van der Waals surface area contributed by atoms with E-state index in [4.69, 9.17) is 0 Å². The zero-order chi connectivity index (χ0) is 16.0. The molecule has 0 spiro atoms. The predicted molar refractivity (Wildman–Crippen MR) is 86.5 cm³/mol. The average molecular weight is 349 g/mol. The summed E-state index contributed by atoms with van der Waals surface area (Å²) in [7, 11) is 0. The highest BCUT2D eigenvalue weighted by Crippen LogP contribution is 2.45. The molecule has 0 saturated carbocycles. The molecule has 3 rings (SSSR count). The molecule has 1 aromatic rings. The Morgan fingerprint density at radius 1 is 1.13 bits per heavy atom. The summed E-state index contributed by atoms with van der Waals surface area (Å²) in [6.07, 6.45) is -3.56. The van der Waals surface area contributed by atoms with Crippen molar-refractivity contribution in [3.8, 4) is 11.5 Å². The molecule has 7 heteroatoms. The summed E-state index contributed by atoms with van der Waals surface area (Å²) < 4.78 is 35.5. The molecule has 2 aliphatic rings. The van der Waals surface area contributed by atoms with Crippen LogP contribution in [0.4, 0.5) is 8.78 Å². The summed E-state index contributed by atoms with van der Waals surface area (Å²) >= 11 is 0. The minimum Gasteiger partial charge on any atom is -0.395 e. The van der Waals surface area contributed by atoms with E-state index in [9.17, 15) is 8.78 Å². The van der Waals surface area contributed by atoms with Crippen LogP contribution in [-0.4, -0.2) is 37.4 Å². The Hall–Kier alpha value is -1.11. The maximum Gasteiger partial charge on any atom is 0.586 e. The molecule has 0 aliphatic carbocycles. The van der Waals surface area contributed by atoms with Crippen LogP contribution < -0.4 is 14.8 Å². The van der Waals surface area contributed by atoms with Gasteiger partial charge in [-0.15, -0.1) is 21.2 Å². The van der Waals surface area contributed by atoms with Crippen molar-refractivity contribution >= 4 is 12.4 Å². The highest BCUT2D eigenvalue weighted by molar-refractivity contribution is 5.85. The maximum absolute atomic E-state index is 13.2. The zero-order valence-corrected chi connectivity index (χ0v) is 14.4. The van der Waals surface area contributed by atoms with E-state index in [2.05, 4.69) is 40.5 Å². The summed E-state index contributed by atoms with van der Waals surface area (Å²) in [5.41, 5.74) is 0.961. The Balaban J connectivity index is 0.00000192. The molecule has 4 nitrogen and oxygen atoms in total. The molecule has 1 fully saturated rings. The van der Waals surface area contributed by atoms with Crippen molar-refractivity contribution < 1.29 is 18.3 Å². The highest BCUT2D eigenvalue weighted by Gasteiger charge is 2.44. The first kappa shape index (κ1) is 18.2. The van der Waals surface area contributed by atoms with Crippen molar-refractivity contribution in [2.24, 2.45) is 5.41 Å². The summed E-state index contributed by atoms with van der Waals surface area (Å²) in [5.74, 6) is 0.216. The van der Waals surface area contributed by atoms with E-state index in [-0.39, 0.29) is 35.4 Å². The van der Waals surface area contributed by atoms with Gasteiger partial charge in [-0.05, 0) is 23.1 Å². The topological polar surface area (TPSA) is 33.7 Å². The van der Waals surface area contributed by atoms with Gasteiger partial charge in [0.25, 0.3) is 0 Å². The van der Waals surface area contributed by atoms with Crippen LogP contribution in [0.5, 0.6) is 11.5 Å². The van der Waals surface area contributed by atoms with E-state index >= 15 is 0 Å². The maximum atomic E-state index is 13.2. The summed E-state index contributed by atoms with van der Waals surface area (Å²) in [6.45, 7) is 10.3. The smallest absolute Gasteiger partial charge is 0.395 e. The van der Waals surface area contributed by atoms with Crippen molar-refractivity contribution in [1.82, 2.24) is 10.2 Å². The molecule has 0 aromatic heterocycles. The minimum atomic E-state index is -3.56. The van der Waals surface area contributed by atoms with Crippen LogP contribution in [-0.2, 0) is 0 Å². The number of hydrogen-bond acceptors (Lipinski definition) is 4. The Kier molecular flexibility index (Phi) is 5.09. The number of fused-ring (bicyclic) bond motifs is 1. The molecule has 1 N–H and O–H groups in total. The molecular formula is C16H23ClF2N2O2. The van der Waals surface area contributed by atoms with Gasteiger partial charge in [-0.3, -0.25) is 4.90 Å². The predicted octanol–water partition coefficient (Wildman–Crippen LogP) is 3.42. The Labute approximate surface area is 141 Å².